The molecule has 0 fully saturated rings. The molecule has 0 bridgehead atoms. The van der Waals surface area contributed by atoms with Gasteiger partial charge in [-0.1, -0.05) is 60.7 Å². The summed E-state index contributed by atoms with van der Waals surface area (Å²) < 4.78 is 0. The summed E-state index contributed by atoms with van der Waals surface area (Å²) in [6.07, 6.45) is 0.610. The lowest BCUT2D eigenvalue weighted by Crippen LogP contribution is -2.46. The number of hydrogen-bond donors (Lipinski definition) is 4. The molecule has 0 saturated carbocycles. The summed E-state index contributed by atoms with van der Waals surface area (Å²) in [6, 6.07) is 17.6. The maximum Gasteiger partial charge on any atom is 0.266 e. The lowest BCUT2D eigenvalue weighted by molar-refractivity contribution is -0.485. The highest BCUT2D eigenvalue weighted by molar-refractivity contribution is 5.91. The fourth-order valence-corrected chi connectivity index (χ4v) is 2.97. The molecule has 6 N–H and O–H groups in total. The van der Waals surface area contributed by atoms with Crippen LogP contribution >= 0.6 is 0 Å². The SMILES string of the molecule is NC(=O)[C@@H](CCCN/C(N)=N\[N+](=O)[O-])NC(=O)C(c1ccccc1)c1ccccc1. The zero-order valence-corrected chi connectivity index (χ0v) is 16.2. The number of nitro groups is 1. The van der Waals surface area contributed by atoms with E-state index in [0.29, 0.717) is 6.42 Å². The van der Waals surface area contributed by atoms with Gasteiger partial charge >= 0.3 is 0 Å². The Morgan fingerprint density at radius 3 is 2.00 bits per heavy atom. The van der Waals surface area contributed by atoms with Crippen LogP contribution in [0.3, 0.4) is 0 Å². The van der Waals surface area contributed by atoms with Crippen molar-refractivity contribution in [2.24, 2.45) is 16.6 Å². The lowest BCUT2D eigenvalue weighted by Gasteiger charge is -2.22. The van der Waals surface area contributed by atoms with Crippen LogP contribution in [0.2, 0.25) is 0 Å². The number of rotatable bonds is 10. The summed E-state index contributed by atoms with van der Waals surface area (Å²) in [5.74, 6) is -1.96. The van der Waals surface area contributed by atoms with Crippen LogP contribution in [0.1, 0.15) is 29.9 Å². The van der Waals surface area contributed by atoms with Gasteiger partial charge in [0.25, 0.3) is 5.96 Å². The molecule has 0 aliphatic carbocycles. The van der Waals surface area contributed by atoms with Gasteiger partial charge in [-0.3, -0.25) is 9.59 Å². The van der Waals surface area contributed by atoms with Crippen molar-refractivity contribution < 1.29 is 14.6 Å². The minimum Gasteiger partial charge on any atom is -0.368 e. The zero-order chi connectivity index (χ0) is 21.9. The third kappa shape index (κ3) is 6.89. The summed E-state index contributed by atoms with van der Waals surface area (Å²) in [7, 11) is 0. The second kappa shape index (κ2) is 11.1. The van der Waals surface area contributed by atoms with E-state index in [1.165, 1.54) is 0 Å². The van der Waals surface area contributed by atoms with Crippen molar-refractivity contribution in [3.05, 3.63) is 81.9 Å². The third-order valence-corrected chi connectivity index (χ3v) is 4.35. The molecule has 1 atom stereocenters. The molecule has 0 radical (unpaired) electrons. The van der Waals surface area contributed by atoms with Crippen molar-refractivity contribution in [3.63, 3.8) is 0 Å². The Hall–Kier alpha value is -3.95. The highest BCUT2D eigenvalue weighted by atomic mass is 16.7. The first kappa shape index (κ1) is 22.3. The van der Waals surface area contributed by atoms with Crippen molar-refractivity contribution in [3.8, 4) is 0 Å². The number of carbonyl (C=O) groups is 2. The fourth-order valence-electron chi connectivity index (χ4n) is 2.97. The van der Waals surface area contributed by atoms with Crippen LogP contribution in [-0.2, 0) is 9.59 Å². The van der Waals surface area contributed by atoms with Crippen molar-refractivity contribution in [2.75, 3.05) is 6.54 Å². The molecule has 30 heavy (non-hydrogen) atoms. The molecular formula is C20H24N6O4. The average molecular weight is 412 g/mol. The fraction of sp³-hybridized carbons (Fsp3) is 0.250. The highest BCUT2D eigenvalue weighted by Gasteiger charge is 2.26. The molecule has 158 valence electrons. The van der Waals surface area contributed by atoms with Crippen LogP contribution in [0.15, 0.2) is 65.8 Å². The van der Waals surface area contributed by atoms with Crippen LogP contribution in [0, 0.1) is 10.1 Å². The first-order valence-electron chi connectivity index (χ1n) is 9.30. The summed E-state index contributed by atoms with van der Waals surface area (Å²) in [5.41, 5.74) is 12.4. The molecule has 0 aliphatic rings. The van der Waals surface area contributed by atoms with E-state index in [4.69, 9.17) is 11.5 Å². The molecule has 2 rings (SSSR count). The van der Waals surface area contributed by atoms with E-state index in [1.54, 1.807) is 0 Å². The monoisotopic (exact) mass is 412 g/mol. The van der Waals surface area contributed by atoms with Gasteiger partial charge < -0.3 is 22.1 Å². The molecule has 0 saturated heterocycles. The van der Waals surface area contributed by atoms with Gasteiger partial charge in [-0.15, -0.1) is 0 Å². The molecule has 0 unspecified atom stereocenters. The number of guanidine groups is 1. The Bertz CT molecular complexity index is 849. The number of nitrogens with one attached hydrogen (secondary N) is 2. The second-order valence-corrected chi connectivity index (χ2v) is 6.51. The van der Waals surface area contributed by atoms with Crippen molar-refractivity contribution in [1.82, 2.24) is 10.6 Å². The van der Waals surface area contributed by atoms with E-state index >= 15 is 0 Å². The quantitative estimate of drug-likeness (QED) is 0.147. The Morgan fingerprint density at radius 2 is 1.53 bits per heavy atom. The Labute approximate surface area is 173 Å². The van der Waals surface area contributed by atoms with Gasteiger partial charge in [0.15, 0.2) is 5.03 Å². The van der Waals surface area contributed by atoms with Gasteiger partial charge in [-0.25, -0.2) is 10.1 Å². The van der Waals surface area contributed by atoms with Crippen molar-refractivity contribution >= 4 is 17.8 Å². The Balaban J connectivity index is 2.06. The highest BCUT2D eigenvalue weighted by Crippen LogP contribution is 2.25. The van der Waals surface area contributed by atoms with Gasteiger partial charge in [-0.05, 0) is 24.0 Å². The van der Waals surface area contributed by atoms with Gasteiger partial charge in [0.05, 0.1) is 5.92 Å². The van der Waals surface area contributed by atoms with Gasteiger partial charge in [-0.2, -0.15) is 0 Å². The first-order chi connectivity index (χ1) is 14.4. The molecule has 10 nitrogen and oxygen atoms in total. The molecule has 0 spiro atoms. The van der Waals surface area contributed by atoms with E-state index < -0.39 is 22.9 Å². The Morgan fingerprint density at radius 1 is 1.00 bits per heavy atom. The van der Waals surface area contributed by atoms with Crippen LogP contribution < -0.4 is 22.1 Å². The molecule has 0 aromatic heterocycles. The minimum absolute atomic E-state index is 0.226. The van der Waals surface area contributed by atoms with Crippen LogP contribution in [0.4, 0.5) is 0 Å². The second-order valence-electron chi connectivity index (χ2n) is 6.51. The minimum atomic E-state index is -0.915. The summed E-state index contributed by atoms with van der Waals surface area (Å²) in [5, 5.41) is 17.5. The maximum absolute atomic E-state index is 13.1. The van der Waals surface area contributed by atoms with E-state index in [-0.39, 0.29) is 24.8 Å². The van der Waals surface area contributed by atoms with Gasteiger partial charge in [0, 0.05) is 6.54 Å². The molecule has 2 aromatic carbocycles. The standard InChI is InChI=1S/C20H24N6O4/c21-18(27)16(12-7-13-23-20(22)25-26(29)30)24-19(28)17(14-8-3-1-4-9-14)15-10-5-2-6-11-15/h1-6,8-11,16-17H,7,12-13H2,(H2,21,27)(H,24,28)(H3,22,23,25)/t16-/m1/s1. The molecule has 0 heterocycles. The molecule has 2 aromatic rings. The number of carbonyl (C=O) groups excluding carboxylic acids is 2. The summed E-state index contributed by atoms with van der Waals surface area (Å²) >= 11 is 0. The van der Waals surface area contributed by atoms with Crippen LogP contribution in [0.25, 0.3) is 0 Å². The smallest absolute Gasteiger partial charge is 0.266 e. The number of primary amides is 1. The predicted octanol–water partition coefficient (Wildman–Crippen LogP) is 0.665. The maximum atomic E-state index is 13.1. The number of amides is 2. The van der Waals surface area contributed by atoms with E-state index in [0.717, 1.165) is 11.1 Å². The zero-order valence-electron chi connectivity index (χ0n) is 16.2. The molecule has 10 heteroatoms. The van der Waals surface area contributed by atoms with Gasteiger partial charge in [0.2, 0.25) is 11.8 Å². The van der Waals surface area contributed by atoms with E-state index in [1.807, 2.05) is 60.7 Å². The molecular weight excluding hydrogens is 388 g/mol. The lowest BCUT2D eigenvalue weighted by atomic mass is 9.90. The van der Waals surface area contributed by atoms with E-state index in [2.05, 4.69) is 15.7 Å². The first-order valence-corrected chi connectivity index (χ1v) is 9.30. The number of hydrazone groups is 1. The number of hydrogen-bond acceptors (Lipinski definition) is 4. The third-order valence-electron chi connectivity index (χ3n) is 4.35. The summed E-state index contributed by atoms with van der Waals surface area (Å²) in [6.45, 7) is 0.226. The number of nitrogens with two attached hydrogens (primary N) is 2. The van der Waals surface area contributed by atoms with Crippen molar-refractivity contribution in [2.45, 2.75) is 24.8 Å². The average Bonchev–Trinajstić information content (AvgIpc) is 2.71. The van der Waals surface area contributed by atoms with Crippen LogP contribution in [0.5, 0.6) is 0 Å². The number of benzene rings is 2. The molecule has 2 amide bonds. The predicted molar refractivity (Wildman–Crippen MR) is 112 cm³/mol. The topological polar surface area (TPSA) is 166 Å². The van der Waals surface area contributed by atoms with Crippen LogP contribution in [-0.4, -0.2) is 35.4 Å². The van der Waals surface area contributed by atoms with E-state index in [9.17, 15) is 19.7 Å². The largest absolute Gasteiger partial charge is 0.368 e. The number of nitrogens with zero attached hydrogens (tertiary/aromatic N) is 2. The molecule has 0 aliphatic heterocycles. The van der Waals surface area contributed by atoms with Crippen molar-refractivity contribution in [1.29, 1.82) is 0 Å². The summed E-state index contributed by atoms with van der Waals surface area (Å²) in [4.78, 5) is 35.2. The van der Waals surface area contributed by atoms with Gasteiger partial charge in [0.1, 0.15) is 11.1 Å². The Kier molecular flexibility index (Phi) is 8.30. The normalized spacial score (nSPS) is 12.2.